The number of nitrogens with one attached hydrogen (secondary N) is 1. The number of H-pyrrole nitrogens is 1. The van der Waals surface area contributed by atoms with Crippen LogP contribution in [0.1, 0.15) is 5.56 Å². The maximum atomic E-state index is 10.1. The highest BCUT2D eigenvalue weighted by molar-refractivity contribution is 7.13. The lowest BCUT2D eigenvalue weighted by Crippen LogP contribution is -1.75. The van der Waals surface area contributed by atoms with Gasteiger partial charge in [-0.15, -0.1) is 21.6 Å². The fourth-order valence-electron chi connectivity index (χ4n) is 2.55. The van der Waals surface area contributed by atoms with Crippen LogP contribution in [0.5, 0.6) is 11.6 Å². The van der Waals surface area contributed by atoms with Gasteiger partial charge in [0.1, 0.15) is 5.75 Å². The van der Waals surface area contributed by atoms with Crippen LogP contribution in [0.4, 0.5) is 10.8 Å². The Balaban J connectivity index is 1.66. The number of thiazole rings is 1. The van der Waals surface area contributed by atoms with E-state index in [4.69, 9.17) is 0 Å². The van der Waals surface area contributed by atoms with Crippen LogP contribution < -0.4 is 0 Å². The lowest BCUT2D eigenvalue weighted by atomic mass is 10.2. The SMILES string of the molecule is Cc1ccc2[nH]c(O)c(N=Nc3nc(-c4ccc(O)cc4)cs3)c2c1. The molecule has 0 unspecified atom stereocenters. The van der Waals surface area contributed by atoms with Crippen LogP contribution in [0.3, 0.4) is 0 Å². The largest absolute Gasteiger partial charge is 0.508 e. The molecule has 4 aromatic rings. The Labute approximate surface area is 147 Å². The average Bonchev–Trinajstić information content (AvgIpc) is 3.18. The van der Waals surface area contributed by atoms with Gasteiger partial charge in [0.05, 0.1) is 11.2 Å². The predicted octanol–water partition coefficient (Wildman–Crippen LogP) is 5.43. The van der Waals surface area contributed by atoms with Crippen molar-refractivity contribution in [2.45, 2.75) is 6.92 Å². The Kier molecular flexibility index (Phi) is 3.70. The first kappa shape index (κ1) is 15.3. The average molecular weight is 350 g/mol. The molecular formula is C18H14N4O2S. The molecule has 3 N–H and O–H groups in total. The number of aromatic hydroxyl groups is 2. The van der Waals surface area contributed by atoms with Crippen molar-refractivity contribution in [2.24, 2.45) is 10.2 Å². The zero-order chi connectivity index (χ0) is 17.4. The fraction of sp³-hybridized carbons (Fsp3) is 0.0556. The van der Waals surface area contributed by atoms with E-state index in [-0.39, 0.29) is 11.6 Å². The second-order valence-corrected chi connectivity index (χ2v) is 6.47. The van der Waals surface area contributed by atoms with Crippen molar-refractivity contribution in [3.63, 3.8) is 0 Å². The normalized spacial score (nSPS) is 11.6. The van der Waals surface area contributed by atoms with E-state index in [2.05, 4.69) is 20.2 Å². The van der Waals surface area contributed by atoms with Gasteiger partial charge in [-0.05, 0) is 43.3 Å². The molecule has 0 bridgehead atoms. The number of hydrogen-bond acceptors (Lipinski definition) is 6. The molecule has 2 aromatic heterocycles. The number of fused-ring (bicyclic) bond motifs is 1. The minimum Gasteiger partial charge on any atom is -0.508 e. The van der Waals surface area contributed by atoms with Gasteiger partial charge in [0.25, 0.3) is 0 Å². The Bertz CT molecular complexity index is 1080. The molecule has 0 aliphatic rings. The number of phenols is 1. The van der Waals surface area contributed by atoms with Gasteiger partial charge in [-0.25, -0.2) is 4.98 Å². The van der Waals surface area contributed by atoms with Crippen LogP contribution in [0.15, 0.2) is 58.1 Å². The summed E-state index contributed by atoms with van der Waals surface area (Å²) >= 11 is 1.36. The number of rotatable bonds is 3. The van der Waals surface area contributed by atoms with E-state index >= 15 is 0 Å². The zero-order valence-corrected chi connectivity index (χ0v) is 14.1. The van der Waals surface area contributed by atoms with Crippen molar-refractivity contribution >= 4 is 33.1 Å². The van der Waals surface area contributed by atoms with Crippen LogP contribution in [-0.4, -0.2) is 20.2 Å². The highest BCUT2D eigenvalue weighted by Crippen LogP contribution is 2.37. The Morgan fingerprint density at radius 1 is 1.04 bits per heavy atom. The molecule has 0 spiro atoms. The molecule has 2 aromatic carbocycles. The van der Waals surface area contributed by atoms with Gasteiger partial charge >= 0.3 is 0 Å². The van der Waals surface area contributed by atoms with E-state index in [1.165, 1.54) is 11.3 Å². The molecule has 7 heteroatoms. The van der Waals surface area contributed by atoms with Crippen molar-refractivity contribution in [3.05, 3.63) is 53.4 Å². The van der Waals surface area contributed by atoms with E-state index in [1.807, 2.05) is 30.5 Å². The number of aryl methyl sites for hydroxylation is 1. The number of hydrogen-bond donors (Lipinski definition) is 3. The molecule has 6 nitrogen and oxygen atoms in total. The smallest absolute Gasteiger partial charge is 0.230 e. The molecule has 0 fully saturated rings. The first-order valence-corrected chi connectivity index (χ1v) is 8.46. The summed E-state index contributed by atoms with van der Waals surface area (Å²) in [7, 11) is 0. The topological polar surface area (TPSA) is 93.9 Å². The minimum atomic E-state index is -0.0142. The van der Waals surface area contributed by atoms with Crippen molar-refractivity contribution in [3.8, 4) is 22.9 Å². The van der Waals surface area contributed by atoms with Crippen LogP contribution in [0.2, 0.25) is 0 Å². The predicted molar refractivity (Wildman–Crippen MR) is 98.1 cm³/mol. The molecule has 0 saturated carbocycles. The summed E-state index contributed by atoms with van der Waals surface area (Å²) in [5, 5.41) is 30.9. The van der Waals surface area contributed by atoms with Gasteiger partial charge in [0, 0.05) is 16.3 Å². The quantitative estimate of drug-likeness (QED) is 0.430. The number of azo groups is 1. The van der Waals surface area contributed by atoms with E-state index in [1.54, 1.807) is 24.3 Å². The summed E-state index contributed by atoms with van der Waals surface area (Å²) < 4.78 is 0. The van der Waals surface area contributed by atoms with Crippen molar-refractivity contribution in [1.29, 1.82) is 0 Å². The minimum absolute atomic E-state index is 0.0142. The molecule has 0 radical (unpaired) electrons. The third-order valence-corrected chi connectivity index (χ3v) is 4.52. The lowest BCUT2D eigenvalue weighted by molar-refractivity contribution is 0.459. The van der Waals surface area contributed by atoms with Gasteiger partial charge in [-0.1, -0.05) is 11.6 Å². The van der Waals surface area contributed by atoms with E-state index in [0.717, 1.165) is 27.7 Å². The molecule has 0 amide bonds. The molecule has 0 aliphatic carbocycles. The summed E-state index contributed by atoms with van der Waals surface area (Å²) in [6.45, 7) is 1.98. The second kappa shape index (κ2) is 6.03. The summed E-state index contributed by atoms with van der Waals surface area (Å²) in [6.07, 6.45) is 0. The molecule has 124 valence electrons. The summed E-state index contributed by atoms with van der Waals surface area (Å²) in [5.74, 6) is 0.198. The number of aromatic amines is 1. The molecule has 0 atom stereocenters. The fourth-order valence-corrected chi connectivity index (χ4v) is 3.19. The van der Waals surface area contributed by atoms with Crippen LogP contribution in [0, 0.1) is 6.92 Å². The highest BCUT2D eigenvalue weighted by Gasteiger charge is 2.11. The van der Waals surface area contributed by atoms with E-state index in [0.29, 0.717) is 10.8 Å². The van der Waals surface area contributed by atoms with E-state index < -0.39 is 0 Å². The van der Waals surface area contributed by atoms with Crippen LogP contribution >= 0.6 is 11.3 Å². The van der Waals surface area contributed by atoms with Crippen LogP contribution in [-0.2, 0) is 0 Å². The van der Waals surface area contributed by atoms with Gasteiger partial charge in [0.2, 0.25) is 11.0 Å². The zero-order valence-electron chi connectivity index (χ0n) is 13.3. The number of phenolic OH excluding ortho intramolecular Hbond substituents is 1. The molecular weight excluding hydrogens is 336 g/mol. The lowest BCUT2D eigenvalue weighted by Gasteiger charge is -1.95. The number of nitrogens with zero attached hydrogens (tertiary/aromatic N) is 3. The Morgan fingerprint density at radius 3 is 2.64 bits per heavy atom. The first-order chi connectivity index (χ1) is 12.1. The monoisotopic (exact) mass is 350 g/mol. The summed E-state index contributed by atoms with van der Waals surface area (Å²) in [6, 6.07) is 12.6. The van der Waals surface area contributed by atoms with Crippen molar-refractivity contribution in [2.75, 3.05) is 0 Å². The van der Waals surface area contributed by atoms with Gasteiger partial charge < -0.3 is 15.2 Å². The Hall–Kier alpha value is -3.19. The van der Waals surface area contributed by atoms with Crippen LogP contribution in [0.25, 0.3) is 22.2 Å². The molecule has 4 rings (SSSR count). The second-order valence-electron chi connectivity index (χ2n) is 5.63. The Morgan fingerprint density at radius 2 is 1.84 bits per heavy atom. The standard InChI is InChI=1S/C18H14N4O2S/c1-10-2-7-14-13(8-10)16(17(24)19-14)21-22-18-20-15(9-25-18)11-3-5-12(23)6-4-11/h2-9,19,23-24H,1H3. The van der Waals surface area contributed by atoms with Gasteiger partial charge in [0.15, 0.2) is 5.69 Å². The first-order valence-electron chi connectivity index (χ1n) is 7.58. The molecule has 25 heavy (non-hydrogen) atoms. The molecule has 2 heterocycles. The molecule has 0 aliphatic heterocycles. The van der Waals surface area contributed by atoms with Crippen molar-refractivity contribution < 1.29 is 10.2 Å². The highest BCUT2D eigenvalue weighted by atomic mass is 32.1. The third-order valence-electron chi connectivity index (χ3n) is 3.80. The maximum Gasteiger partial charge on any atom is 0.230 e. The van der Waals surface area contributed by atoms with Gasteiger partial charge in [-0.2, -0.15) is 0 Å². The van der Waals surface area contributed by atoms with Gasteiger partial charge in [-0.3, -0.25) is 0 Å². The van der Waals surface area contributed by atoms with Crippen molar-refractivity contribution in [1.82, 2.24) is 9.97 Å². The maximum absolute atomic E-state index is 10.1. The number of aromatic nitrogens is 2. The number of benzene rings is 2. The third kappa shape index (κ3) is 2.97. The molecule has 0 saturated heterocycles. The summed E-state index contributed by atoms with van der Waals surface area (Å²) in [4.78, 5) is 7.31. The van der Waals surface area contributed by atoms with E-state index in [9.17, 15) is 10.2 Å². The summed E-state index contributed by atoms with van der Waals surface area (Å²) in [5.41, 5.74) is 3.94.